The number of rotatable bonds is 6. The minimum atomic E-state index is -3.62. The van der Waals surface area contributed by atoms with Crippen molar-refractivity contribution in [2.24, 2.45) is 22.7 Å². The Morgan fingerprint density at radius 1 is 1.22 bits per heavy atom. The summed E-state index contributed by atoms with van der Waals surface area (Å²) in [4.78, 5) is 0.118. The van der Waals surface area contributed by atoms with E-state index in [0.29, 0.717) is 18.4 Å². The number of anilines is 1. The van der Waals surface area contributed by atoms with Gasteiger partial charge in [0.25, 0.3) is 0 Å². The lowest BCUT2D eigenvalue weighted by molar-refractivity contribution is 0.413. The molecule has 0 fully saturated rings. The highest BCUT2D eigenvalue weighted by Crippen LogP contribution is 2.15. The molecule has 0 aliphatic carbocycles. The van der Waals surface area contributed by atoms with Crippen LogP contribution < -0.4 is 16.2 Å². The second kappa shape index (κ2) is 6.17. The van der Waals surface area contributed by atoms with Gasteiger partial charge in [-0.1, -0.05) is 13.8 Å². The van der Waals surface area contributed by atoms with Crippen LogP contribution in [0, 0.1) is 11.8 Å². The highest BCUT2D eigenvalue weighted by atomic mass is 32.2. The molecule has 0 radical (unpaired) electrons. The molecule has 0 aromatic heterocycles. The zero-order valence-electron chi connectivity index (χ0n) is 10.8. The van der Waals surface area contributed by atoms with E-state index in [0.717, 1.165) is 12.2 Å². The summed E-state index contributed by atoms with van der Waals surface area (Å²) in [5.74, 6) is 0.897. The van der Waals surface area contributed by atoms with Crippen molar-refractivity contribution in [3.8, 4) is 0 Å². The second-order valence-electron chi connectivity index (χ2n) is 4.69. The van der Waals surface area contributed by atoms with Crippen molar-refractivity contribution in [3.05, 3.63) is 24.3 Å². The SMILES string of the molecule is CC(C)C(CN)CNc1ccc(S(N)(=O)=O)cc1. The first-order chi connectivity index (χ1) is 8.34. The molecule has 102 valence electrons. The van der Waals surface area contributed by atoms with Crippen LogP contribution in [0.3, 0.4) is 0 Å². The Labute approximate surface area is 109 Å². The molecule has 0 amide bonds. The first kappa shape index (κ1) is 14.9. The predicted molar refractivity (Wildman–Crippen MR) is 73.7 cm³/mol. The van der Waals surface area contributed by atoms with Gasteiger partial charge in [-0.15, -0.1) is 0 Å². The zero-order chi connectivity index (χ0) is 13.8. The number of nitrogens with two attached hydrogens (primary N) is 2. The van der Waals surface area contributed by atoms with Crippen molar-refractivity contribution >= 4 is 15.7 Å². The molecule has 6 heteroatoms. The van der Waals surface area contributed by atoms with Gasteiger partial charge in [-0.3, -0.25) is 0 Å². The van der Waals surface area contributed by atoms with Crippen LogP contribution in [-0.2, 0) is 10.0 Å². The summed E-state index contributed by atoms with van der Waals surface area (Å²) >= 11 is 0. The van der Waals surface area contributed by atoms with Crippen LogP contribution in [0.5, 0.6) is 0 Å². The quantitative estimate of drug-likeness (QED) is 0.718. The fourth-order valence-electron chi connectivity index (χ4n) is 1.60. The Morgan fingerprint density at radius 3 is 2.17 bits per heavy atom. The third-order valence-electron chi connectivity index (χ3n) is 3.00. The first-order valence-corrected chi connectivity index (χ1v) is 7.46. The van der Waals surface area contributed by atoms with Gasteiger partial charge in [0.2, 0.25) is 10.0 Å². The van der Waals surface area contributed by atoms with Crippen LogP contribution in [0.1, 0.15) is 13.8 Å². The topological polar surface area (TPSA) is 98.2 Å². The standard InChI is InChI=1S/C12H21N3O2S/c1-9(2)10(7-13)8-15-11-3-5-12(6-4-11)18(14,16)17/h3-6,9-10,15H,7-8,13H2,1-2H3,(H2,14,16,17). The Morgan fingerprint density at radius 2 is 1.78 bits per heavy atom. The average molecular weight is 271 g/mol. The Kier molecular flexibility index (Phi) is 5.13. The number of hydrogen-bond donors (Lipinski definition) is 3. The minimum absolute atomic E-state index is 0.118. The number of nitrogens with one attached hydrogen (secondary N) is 1. The first-order valence-electron chi connectivity index (χ1n) is 5.91. The zero-order valence-corrected chi connectivity index (χ0v) is 11.6. The molecule has 0 saturated heterocycles. The van der Waals surface area contributed by atoms with Crippen LogP contribution in [0.2, 0.25) is 0 Å². The molecule has 1 atom stereocenters. The van der Waals surface area contributed by atoms with Gasteiger partial charge < -0.3 is 11.1 Å². The van der Waals surface area contributed by atoms with Gasteiger partial charge in [-0.05, 0) is 42.6 Å². The molecule has 18 heavy (non-hydrogen) atoms. The lowest BCUT2D eigenvalue weighted by atomic mass is 9.96. The van der Waals surface area contributed by atoms with Crippen LogP contribution >= 0.6 is 0 Å². The summed E-state index contributed by atoms with van der Waals surface area (Å²) in [5, 5.41) is 8.27. The molecular weight excluding hydrogens is 250 g/mol. The molecule has 5 nitrogen and oxygen atoms in total. The van der Waals surface area contributed by atoms with E-state index in [2.05, 4.69) is 19.2 Å². The molecule has 0 heterocycles. The summed E-state index contributed by atoms with van der Waals surface area (Å²) in [6, 6.07) is 6.39. The van der Waals surface area contributed by atoms with E-state index in [1.54, 1.807) is 12.1 Å². The maximum Gasteiger partial charge on any atom is 0.238 e. The number of primary sulfonamides is 1. The summed E-state index contributed by atoms with van der Waals surface area (Å²) < 4.78 is 22.2. The molecular formula is C12H21N3O2S. The van der Waals surface area contributed by atoms with Crippen LogP contribution in [-0.4, -0.2) is 21.5 Å². The van der Waals surface area contributed by atoms with Gasteiger partial charge in [-0.25, -0.2) is 13.6 Å². The smallest absolute Gasteiger partial charge is 0.238 e. The van der Waals surface area contributed by atoms with Crippen LogP contribution in [0.4, 0.5) is 5.69 Å². The largest absolute Gasteiger partial charge is 0.385 e. The maximum atomic E-state index is 11.1. The highest BCUT2D eigenvalue weighted by molar-refractivity contribution is 7.89. The van der Waals surface area contributed by atoms with E-state index in [1.807, 2.05) is 0 Å². The van der Waals surface area contributed by atoms with Crippen LogP contribution in [0.25, 0.3) is 0 Å². The highest BCUT2D eigenvalue weighted by Gasteiger charge is 2.11. The molecule has 1 rings (SSSR count). The van der Waals surface area contributed by atoms with Gasteiger partial charge in [0.05, 0.1) is 4.90 Å². The summed E-state index contributed by atoms with van der Waals surface area (Å²) in [6.45, 7) is 5.65. The lowest BCUT2D eigenvalue weighted by Crippen LogP contribution is -2.27. The number of sulfonamides is 1. The van der Waals surface area contributed by atoms with Crippen LogP contribution in [0.15, 0.2) is 29.2 Å². The summed E-state index contributed by atoms with van der Waals surface area (Å²) in [5.41, 5.74) is 6.55. The molecule has 0 aliphatic heterocycles. The van der Waals surface area contributed by atoms with E-state index in [-0.39, 0.29) is 4.90 Å². The fraction of sp³-hybridized carbons (Fsp3) is 0.500. The van der Waals surface area contributed by atoms with Crippen molar-refractivity contribution in [2.45, 2.75) is 18.7 Å². The molecule has 0 aliphatic rings. The Balaban J connectivity index is 2.65. The van der Waals surface area contributed by atoms with Crippen molar-refractivity contribution < 1.29 is 8.42 Å². The molecule has 1 unspecified atom stereocenters. The van der Waals surface area contributed by atoms with E-state index < -0.39 is 10.0 Å². The summed E-state index contributed by atoms with van der Waals surface area (Å²) in [7, 11) is -3.62. The van der Waals surface area contributed by atoms with E-state index in [4.69, 9.17) is 10.9 Å². The third-order valence-corrected chi connectivity index (χ3v) is 3.93. The summed E-state index contributed by atoms with van der Waals surface area (Å²) in [6.07, 6.45) is 0. The molecule has 5 N–H and O–H groups in total. The molecule has 1 aromatic carbocycles. The van der Waals surface area contributed by atoms with E-state index in [9.17, 15) is 8.42 Å². The van der Waals surface area contributed by atoms with Crippen molar-refractivity contribution in [1.82, 2.24) is 0 Å². The number of hydrogen-bond acceptors (Lipinski definition) is 4. The molecule has 0 bridgehead atoms. The third kappa shape index (κ3) is 4.29. The normalized spacial score (nSPS) is 13.6. The van der Waals surface area contributed by atoms with Gasteiger partial charge in [-0.2, -0.15) is 0 Å². The van der Waals surface area contributed by atoms with Gasteiger partial charge in [0.15, 0.2) is 0 Å². The molecule has 0 saturated carbocycles. The Bertz CT molecular complexity index is 469. The molecule has 0 spiro atoms. The van der Waals surface area contributed by atoms with Crippen molar-refractivity contribution in [1.29, 1.82) is 0 Å². The van der Waals surface area contributed by atoms with Gasteiger partial charge in [0, 0.05) is 12.2 Å². The maximum absolute atomic E-state index is 11.1. The number of benzene rings is 1. The monoisotopic (exact) mass is 271 g/mol. The fourth-order valence-corrected chi connectivity index (χ4v) is 2.12. The van der Waals surface area contributed by atoms with E-state index >= 15 is 0 Å². The molecule has 1 aromatic rings. The predicted octanol–water partition coefficient (Wildman–Crippen LogP) is 0.977. The van der Waals surface area contributed by atoms with E-state index in [1.165, 1.54) is 12.1 Å². The van der Waals surface area contributed by atoms with Crippen molar-refractivity contribution in [3.63, 3.8) is 0 Å². The van der Waals surface area contributed by atoms with Crippen molar-refractivity contribution in [2.75, 3.05) is 18.4 Å². The lowest BCUT2D eigenvalue weighted by Gasteiger charge is -2.19. The van der Waals surface area contributed by atoms with Gasteiger partial charge >= 0.3 is 0 Å². The second-order valence-corrected chi connectivity index (χ2v) is 6.25. The minimum Gasteiger partial charge on any atom is -0.385 e. The Hall–Kier alpha value is -1.11. The average Bonchev–Trinajstić information content (AvgIpc) is 2.29. The van der Waals surface area contributed by atoms with Gasteiger partial charge in [0.1, 0.15) is 0 Å².